The van der Waals surface area contributed by atoms with Gasteiger partial charge in [-0.15, -0.1) is 0 Å². The fourth-order valence-electron chi connectivity index (χ4n) is 6.13. The molecule has 2 amide bonds. The first-order valence-electron chi connectivity index (χ1n) is 14.1. The van der Waals surface area contributed by atoms with Gasteiger partial charge < -0.3 is 15.5 Å². The van der Waals surface area contributed by atoms with Crippen LogP contribution in [0.5, 0.6) is 0 Å². The fourth-order valence-corrected chi connectivity index (χ4v) is 6.13. The SMILES string of the molecule is CCCC(=O)Nc1cccc(C2CCN(CCCNC(=O)CC3(c4ccc(F)cc4)CCCC3)CC2)c1. The molecule has 5 nitrogen and oxygen atoms in total. The molecule has 2 fully saturated rings. The Kier molecular flexibility index (Phi) is 9.73. The maximum Gasteiger partial charge on any atom is 0.224 e. The van der Waals surface area contributed by atoms with Gasteiger partial charge in [-0.3, -0.25) is 9.59 Å². The van der Waals surface area contributed by atoms with E-state index in [9.17, 15) is 14.0 Å². The number of carbonyl (C=O) groups is 2. The minimum Gasteiger partial charge on any atom is -0.356 e. The first-order valence-corrected chi connectivity index (χ1v) is 14.1. The second-order valence-electron chi connectivity index (χ2n) is 10.9. The maximum atomic E-state index is 13.4. The van der Waals surface area contributed by atoms with E-state index in [1.807, 2.05) is 31.2 Å². The van der Waals surface area contributed by atoms with Crippen molar-refractivity contribution in [1.82, 2.24) is 10.2 Å². The molecule has 2 aliphatic rings. The lowest BCUT2D eigenvalue weighted by atomic mass is 9.76. The van der Waals surface area contributed by atoms with E-state index >= 15 is 0 Å². The molecule has 1 saturated carbocycles. The molecule has 0 bridgehead atoms. The van der Waals surface area contributed by atoms with Crippen molar-refractivity contribution in [2.45, 2.75) is 82.5 Å². The zero-order valence-corrected chi connectivity index (χ0v) is 22.2. The van der Waals surface area contributed by atoms with Crippen LogP contribution in [0.1, 0.15) is 88.2 Å². The highest BCUT2D eigenvalue weighted by molar-refractivity contribution is 5.90. The van der Waals surface area contributed by atoms with Crippen molar-refractivity contribution in [2.75, 3.05) is 31.5 Å². The minimum atomic E-state index is -0.227. The molecule has 0 aromatic heterocycles. The van der Waals surface area contributed by atoms with Crippen molar-refractivity contribution < 1.29 is 14.0 Å². The summed E-state index contributed by atoms with van der Waals surface area (Å²) in [6.45, 7) is 5.80. The number of anilines is 1. The summed E-state index contributed by atoms with van der Waals surface area (Å²) < 4.78 is 13.4. The van der Waals surface area contributed by atoms with Gasteiger partial charge in [0.25, 0.3) is 0 Å². The highest BCUT2D eigenvalue weighted by atomic mass is 19.1. The standard InChI is InChI=1S/C31H42FN3O2/c1-2-7-29(36)34-28-9-5-8-25(22-28)24-14-20-35(21-15-24)19-6-18-33-30(37)23-31(16-3-4-17-31)26-10-12-27(32)13-11-26/h5,8-13,22,24H,2-4,6-7,14-21,23H2,1H3,(H,33,37)(H,34,36). The summed E-state index contributed by atoms with van der Waals surface area (Å²) in [5.74, 6) is 0.481. The summed E-state index contributed by atoms with van der Waals surface area (Å²) in [6, 6.07) is 15.1. The lowest BCUT2D eigenvalue weighted by molar-refractivity contribution is -0.122. The zero-order valence-electron chi connectivity index (χ0n) is 22.2. The van der Waals surface area contributed by atoms with Gasteiger partial charge in [0.15, 0.2) is 0 Å². The number of rotatable bonds is 11. The molecule has 1 saturated heterocycles. The second kappa shape index (κ2) is 13.2. The summed E-state index contributed by atoms with van der Waals surface area (Å²) in [5.41, 5.74) is 3.16. The summed E-state index contributed by atoms with van der Waals surface area (Å²) in [7, 11) is 0. The first kappa shape index (κ1) is 27.3. The van der Waals surface area contributed by atoms with Gasteiger partial charge in [-0.2, -0.15) is 0 Å². The Hall–Kier alpha value is -2.73. The number of nitrogens with zero attached hydrogens (tertiary/aromatic N) is 1. The Morgan fingerprint density at radius 1 is 1.03 bits per heavy atom. The van der Waals surface area contributed by atoms with E-state index in [4.69, 9.17) is 0 Å². The molecule has 1 aliphatic heterocycles. The van der Waals surface area contributed by atoms with Crippen molar-refractivity contribution in [3.05, 3.63) is 65.5 Å². The number of nitrogens with one attached hydrogen (secondary N) is 2. The lowest BCUT2D eigenvalue weighted by Gasteiger charge is -2.32. The molecule has 1 aliphatic carbocycles. The van der Waals surface area contributed by atoms with Crippen LogP contribution in [0, 0.1) is 5.82 Å². The Bertz CT molecular complexity index is 1030. The van der Waals surface area contributed by atoms with Crippen molar-refractivity contribution >= 4 is 17.5 Å². The van der Waals surface area contributed by atoms with Crippen molar-refractivity contribution in [3.63, 3.8) is 0 Å². The normalized spacial score (nSPS) is 18.0. The fraction of sp³-hybridized carbons (Fsp3) is 0.548. The molecule has 6 heteroatoms. The number of likely N-dealkylation sites (tertiary alicyclic amines) is 1. The Balaban J connectivity index is 1.17. The van der Waals surface area contributed by atoms with Crippen molar-refractivity contribution in [3.8, 4) is 0 Å². The first-order chi connectivity index (χ1) is 18.0. The number of carbonyl (C=O) groups excluding carboxylic acids is 2. The van der Waals surface area contributed by atoms with Crippen LogP contribution < -0.4 is 10.6 Å². The minimum absolute atomic E-state index is 0.0791. The van der Waals surface area contributed by atoms with Gasteiger partial charge in [0.2, 0.25) is 11.8 Å². The number of halogens is 1. The molecule has 0 unspecified atom stereocenters. The smallest absolute Gasteiger partial charge is 0.224 e. The van der Waals surface area contributed by atoms with Gasteiger partial charge in [-0.25, -0.2) is 4.39 Å². The molecule has 37 heavy (non-hydrogen) atoms. The van der Waals surface area contributed by atoms with Gasteiger partial charge >= 0.3 is 0 Å². The predicted molar refractivity (Wildman–Crippen MR) is 147 cm³/mol. The van der Waals surface area contributed by atoms with Crippen LogP contribution in [0.2, 0.25) is 0 Å². The van der Waals surface area contributed by atoms with Gasteiger partial charge in [0, 0.05) is 30.5 Å². The van der Waals surface area contributed by atoms with Crippen LogP contribution in [0.15, 0.2) is 48.5 Å². The summed E-state index contributed by atoms with van der Waals surface area (Å²) in [5, 5.41) is 6.16. The number of hydrogen-bond donors (Lipinski definition) is 2. The summed E-state index contributed by atoms with van der Waals surface area (Å²) >= 11 is 0. The third kappa shape index (κ3) is 7.64. The highest BCUT2D eigenvalue weighted by Crippen LogP contribution is 2.43. The van der Waals surface area contributed by atoms with E-state index < -0.39 is 0 Å². The third-order valence-electron chi connectivity index (χ3n) is 8.20. The summed E-state index contributed by atoms with van der Waals surface area (Å²) in [6.07, 6.45) is 9.29. The molecule has 1 heterocycles. The highest BCUT2D eigenvalue weighted by Gasteiger charge is 2.37. The monoisotopic (exact) mass is 507 g/mol. The second-order valence-corrected chi connectivity index (χ2v) is 10.9. The number of hydrogen-bond acceptors (Lipinski definition) is 3. The van der Waals surface area contributed by atoms with Crippen LogP contribution >= 0.6 is 0 Å². The van der Waals surface area contributed by atoms with E-state index in [1.54, 1.807) is 0 Å². The van der Waals surface area contributed by atoms with E-state index in [-0.39, 0.29) is 23.0 Å². The largest absolute Gasteiger partial charge is 0.356 e. The van der Waals surface area contributed by atoms with E-state index in [0.29, 0.717) is 25.3 Å². The van der Waals surface area contributed by atoms with Crippen molar-refractivity contribution in [1.29, 1.82) is 0 Å². The molecule has 2 N–H and O–H groups in total. The molecule has 2 aromatic carbocycles. The molecular formula is C31H42FN3O2. The molecule has 0 radical (unpaired) electrons. The molecule has 0 spiro atoms. The average molecular weight is 508 g/mol. The van der Waals surface area contributed by atoms with E-state index in [2.05, 4.69) is 27.7 Å². The Morgan fingerprint density at radius 3 is 2.46 bits per heavy atom. The van der Waals surface area contributed by atoms with Crippen LogP contribution in [0.25, 0.3) is 0 Å². The van der Waals surface area contributed by atoms with Crippen LogP contribution in [0.3, 0.4) is 0 Å². The molecule has 0 atom stereocenters. The topological polar surface area (TPSA) is 61.4 Å². The zero-order chi connectivity index (χ0) is 26.1. The van der Waals surface area contributed by atoms with Crippen LogP contribution in [-0.4, -0.2) is 42.9 Å². The number of benzene rings is 2. The third-order valence-corrected chi connectivity index (χ3v) is 8.20. The predicted octanol–water partition coefficient (Wildman–Crippen LogP) is 6.15. The van der Waals surface area contributed by atoms with Gasteiger partial charge in [-0.05, 0) is 99.5 Å². The van der Waals surface area contributed by atoms with E-state index in [0.717, 1.165) is 82.3 Å². The molecule has 4 rings (SSSR count). The molecular weight excluding hydrogens is 465 g/mol. The lowest BCUT2D eigenvalue weighted by Crippen LogP contribution is -2.37. The average Bonchev–Trinajstić information content (AvgIpc) is 3.37. The maximum absolute atomic E-state index is 13.4. The molecule has 200 valence electrons. The van der Waals surface area contributed by atoms with Crippen molar-refractivity contribution in [2.24, 2.45) is 0 Å². The number of amides is 2. The van der Waals surface area contributed by atoms with Gasteiger partial charge in [0.1, 0.15) is 5.82 Å². The van der Waals surface area contributed by atoms with Gasteiger partial charge in [-0.1, -0.05) is 44.0 Å². The Morgan fingerprint density at radius 2 is 1.76 bits per heavy atom. The van der Waals surface area contributed by atoms with Crippen LogP contribution in [0.4, 0.5) is 10.1 Å². The van der Waals surface area contributed by atoms with Crippen LogP contribution in [-0.2, 0) is 15.0 Å². The quantitative estimate of drug-likeness (QED) is 0.359. The Labute approximate surface area is 221 Å². The number of piperidine rings is 1. The molecule has 2 aromatic rings. The summed E-state index contributed by atoms with van der Waals surface area (Å²) in [4.78, 5) is 27.2. The van der Waals surface area contributed by atoms with E-state index in [1.165, 1.54) is 17.7 Å². The van der Waals surface area contributed by atoms with Gasteiger partial charge in [0.05, 0.1) is 0 Å².